The van der Waals surface area contributed by atoms with E-state index < -0.39 is 27.7 Å². The second kappa shape index (κ2) is 9.00. The summed E-state index contributed by atoms with van der Waals surface area (Å²) in [5, 5.41) is 2.87. The molecular weight excluding hydrogens is 463 g/mol. The molecule has 0 atom stereocenters. The first kappa shape index (κ1) is 23.9. The van der Waals surface area contributed by atoms with Crippen molar-refractivity contribution in [1.82, 2.24) is 9.71 Å². The summed E-state index contributed by atoms with van der Waals surface area (Å²) in [6, 6.07) is 7.90. The van der Waals surface area contributed by atoms with E-state index in [4.69, 9.17) is 0 Å². The van der Waals surface area contributed by atoms with Crippen molar-refractivity contribution in [2.24, 2.45) is 0 Å². The van der Waals surface area contributed by atoms with Crippen LogP contribution in [0.25, 0.3) is 0 Å². The number of nitrogens with zero attached hydrogens (tertiary/aromatic N) is 1. The van der Waals surface area contributed by atoms with Crippen LogP contribution < -0.4 is 10.0 Å². The van der Waals surface area contributed by atoms with Crippen LogP contribution >= 0.6 is 11.3 Å². The summed E-state index contributed by atoms with van der Waals surface area (Å²) in [5.41, 5.74) is 1.06. The van der Waals surface area contributed by atoms with E-state index in [0.717, 1.165) is 23.5 Å². The molecule has 0 saturated carbocycles. The molecule has 0 aliphatic heterocycles. The molecular formula is C21H20F3N3O3S2. The van der Waals surface area contributed by atoms with Gasteiger partial charge in [0.05, 0.1) is 10.5 Å². The van der Waals surface area contributed by atoms with Gasteiger partial charge in [-0.2, -0.15) is 13.2 Å². The number of hydrogen-bond acceptors (Lipinski definition) is 5. The van der Waals surface area contributed by atoms with E-state index in [9.17, 15) is 26.4 Å². The van der Waals surface area contributed by atoms with Gasteiger partial charge in [0.15, 0.2) is 5.13 Å². The fourth-order valence-electron chi connectivity index (χ4n) is 3.02. The maximum Gasteiger partial charge on any atom is 0.416 e. The summed E-state index contributed by atoms with van der Waals surface area (Å²) in [5.74, 6) is -0.541. The first-order chi connectivity index (χ1) is 14.9. The third kappa shape index (κ3) is 5.34. The monoisotopic (exact) mass is 483 g/mol. The Labute approximate surface area is 187 Å². The minimum Gasteiger partial charge on any atom is -0.298 e. The Bertz CT molecular complexity index is 1270. The highest BCUT2D eigenvalue weighted by Gasteiger charge is 2.30. The average Bonchev–Trinajstić information content (AvgIpc) is 3.15. The van der Waals surface area contributed by atoms with Gasteiger partial charge in [0.1, 0.15) is 0 Å². The number of sulfonamides is 1. The number of halogens is 3. The van der Waals surface area contributed by atoms with E-state index in [1.165, 1.54) is 25.4 Å². The molecule has 2 N–H and O–H groups in total. The Morgan fingerprint density at radius 3 is 2.53 bits per heavy atom. The van der Waals surface area contributed by atoms with Gasteiger partial charge in [-0.05, 0) is 55.8 Å². The number of aromatic nitrogens is 1. The maximum atomic E-state index is 12.9. The smallest absolute Gasteiger partial charge is 0.298 e. The maximum absolute atomic E-state index is 12.9. The van der Waals surface area contributed by atoms with Gasteiger partial charge in [0, 0.05) is 23.1 Å². The molecule has 11 heteroatoms. The zero-order valence-electron chi connectivity index (χ0n) is 17.4. The van der Waals surface area contributed by atoms with Gasteiger partial charge in [-0.25, -0.2) is 18.1 Å². The van der Waals surface area contributed by atoms with E-state index in [-0.39, 0.29) is 22.0 Å². The van der Waals surface area contributed by atoms with Gasteiger partial charge >= 0.3 is 6.18 Å². The number of thiazole rings is 1. The number of nitrogens with one attached hydrogen (secondary N) is 2. The van der Waals surface area contributed by atoms with Crippen molar-refractivity contribution in [3.63, 3.8) is 0 Å². The average molecular weight is 484 g/mol. The van der Waals surface area contributed by atoms with Crippen LogP contribution in [0.2, 0.25) is 0 Å². The third-order valence-electron chi connectivity index (χ3n) is 4.85. The zero-order chi connectivity index (χ0) is 23.7. The molecule has 3 aromatic rings. The van der Waals surface area contributed by atoms with Crippen molar-refractivity contribution >= 4 is 32.4 Å². The number of benzene rings is 2. The van der Waals surface area contributed by atoms with Crippen LogP contribution in [0.5, 0.6) is 0 Å². The van der Waals surface area contributed by atoms with E-state index >= 15 is 0 Å². The van der Waals surface area contributed by atoms with Crippen molar-refractivity contribution < 1.29 is 26.4 Å². The largest absolute Gasteiger partial charge is 0.416 e. The molecule has 0 aliphatic rings. The van der Waals surface area contributed by atoms with Gasteiger partial charge < -0.3 is 0 Å². The first-order valence-electron chi connectivity index (χ1n) is 9.37. The third-order valence-corrected chi connectivity index (χ3v) is 7.30. The normalized spacial score (nSPS) is 12.1. The highest BCUT2D eigenvalue weighted by atomic mass is 32.2. The molecule has 6 nitrogen and oxygen atoms in total. The van der Waals surface area contributed by atoms with Gasteiger partial charge in [-0.3, -0.25) is 10.1 Å². The molecule has 0 bridgehead atoms. The van der Waals surface area contributed by atoms with Crippen LogP contribution in [0.3, 0.4) is 0 Å². The molecule has 0 saturated heterocycles. The van der Waals surface area contributed by atoms with E-state index in [0.29, 0.717) is 21.6 Å². The summed E-state index contributed by atoms with van der Waals surface area (Å²) in [7, 11) is -2.46. The molecule has 170 valence electrons. The lowest BCUT2D eigenvalue weighted by Crippen LogP contribution is -2.21. The number of rotatable bonds is 6. The number of alkyl halides is 3. The number of amides is 1. The topological polar surface area (TPSA) is 88.2 Å². The highest BCUT2D eigenvalue weighted by Crippen LogP contribution is 2.31. The van der Waals surface area contributed by atoms with Crippen LogP contribution in [-0.2, 0) is 22.6 Å². The minimum absolute atomic E-state index is 0.00882. The second-order valence-corrected chi connectivity index (χ2v) is 10.1. The highest BCUT2D eigenvalue weighted by molar-refractivity contribution is 7.89. The number of aryl methyl sites for hydroxylation is 1. The van der Waals surface area contributed by atoms with Gasteiger partial charge in [-0.1, -0.05) is 18.2 Å². The summed E-state index contributed by atoms with van der Waals surface area (Å²) in [6.07, 6.45) is -2.71. The fourth-order valence-corrected chi connectivity index (χ4v) is 4.93. The Balaban J connectivity index is 1.78. The molecule has 0 fully saturated rings. The quantitative estimate of drug-likeness (QED) is 0.539. The van der Waals surface area contributed by atoms with Crippen LogP contribution in [0.1, 0.15) is 37.5 Å². The second-order valence-electron chi connectivity index (χ2n) is 7.08. The fraction of sp³-hybridized carbons (Fsp3) is 0.238. The van der Waals surface area contributed by atoms with E-state index in [1.54, 1.807) is 26.0 Å². The number of anilines is 1. The Morgan fingerprint density at radius 1 is 1.16 bits per heavy atom. The lowest BCUT2D eigenvalue weighted by Gasteiger charge is -2.12. The standard InChI is InChI=1S/C21H20F3N3O3S2/c1-12-7-15(10-18(13(12)2)32(29,30)25-3)19(28)27-20-26-11-17(31-20)9-14-5-4-6-16(8-14)21(22,23)24/h4-8,10-11,25H,9H2,1-3H3,(H,26,27,28). The van der Waals surface area contributed by atoms with Crippen molar-refractivity contribution in [2.75, 3.05) is 12.4 Å². The molecule has 1 amide bonds. The van der Waals surface area contributed by atoms with Crippen LogP contribution in [-0.4, -0.2) is 26.4 Å². The Morgan fingerprint density at radius 2 is 1.88 bits per heavy atom. The Hall–Kier alpha value is -2.76. The molecule has 1 heterocycles. The van der Waals surface area contributed by atoms with Crippen molar-refractivity contribution in [1.29, 1.82) is 0 Å². The summed E-state index contributed by atoms with van der Waals surface area (Å²) in [4.78, 5) is 17.5. The predicted octanol–water partition coefficient (Wildman–Crippen LogP) is 4.53. The van der Waals surface area contributed by atoms with Crippen LogP contribution in [0.15, 0.2) is 47.5 Å². The van der Waals surface area contributed by atoms with E-state index in [2.05, 4.69) is 15.0 Å². The molecule has 2 aromatic carbocycles. The molecule has 0 radical (unpaired) electrons. The van der Waals surface area contributed by atoms with Gasteiger partial charge in [0.25, 0.3) is 5.91 Å². The lowest BCUT2D eigenvalue weighted by atomic mass is 10.1. The molecule has 1 aromatic heterocycles. The van der Waals surface area contributed by atoms with Crippen molar-refractivity contribution in [3.05, 3.63) is 75.3 Å². The number of carbonyl (C=O) groups excluding carboxylic acids is 1. The Kier molecular flexibility index (Phi) is 6.72. The van der Waals surface area contributed by atoms with Gasteiger partial charge in [0.2, 0.25) is 10.0 Å². The molecule has 0 spiro atoms. The molecule has 32 heavy (non-hydrogen) atoms. The predicted molar refractivity (Wildman–Crippen MR) is 116 cm³/mol. The lowest BCUT2D eigenvalue weighted by molar-refractivity contribution is -0.137. The zero-order valence-corrected chi connectivity index (χ0v) is 19.0. The summed E-state index contributed by atoms with van der Waals surface area (Å²) >= 11 is 1.13. The molecule has 3 rings (SSSR count). The minimum atomic E-state index is -4.42. The number of hydrogen-bond donors (Lipinski definition) is 2. The molecule has 0 unspecified atom stereocenters. The first-order valence-corrected chi connectivity index (χ1v) is 11.7. The number of carbonyl (C=O) groups is 1. The van der Waals surface area contributed by atoms with Crippen LogP contribution in [0.4, 0.5) is 18.3 Å². The van der Waals surface area contributed by atoms with E-state index in [1.807, 2.05) is 0 Å². The van der Waals surface area contributed by atoms with Crippen molar-refractivity contribution in [2.45, 2.75) is 31.3 Å². The summed E-state index contributed by atoms with van der Waals surface area (Å²) in [6.45, 7) is 3.36. The van der Waals surface area contributed by atoms with Crippen molar-refractivity contribution in [3.8, 4) is 0 Å². The summed E-state index contributed by atoms with van der Waals surface area (Å²) < 4.78 is 65.4. The SMILES string of the molecule is CNS(=O)(=O)c1cc(C(=O)Nc2ncc(Cc3cccc(C(F)(F)F)c3)s2)cc(C)c1C. The van der Waals surface area contributed by atoms with Crippen LogP contribution in [0, 0.1) is 13.8 Å². The molecule has 0 aliphatic carbocycles. The van der Waals surface area contributed by atoms with Gasteiger partial charge in [-0.15, -0.1) is 11.3 Å².